The van der Waals surface area contributed by atoms with Gasteiger partial charge in [0.25, 0.3) is 0 Å². The average Bonchev–Trinajstić information content (AvgIpc) is 3.24. The molecule has 0 spiro atoms. The van der Waals surface area contributed by atoms with Crippen LogP contribution in [-0.2, 0) is 12.8 Å². The van der Waals surface area contributed by atoms with Crippen molar-refractivity contribution >= 4 is 40.4 Å². The largest absolute Gasteiger partial charge is 0.310 e. The Hall–Kier alpha value is -6.44. The minimum Gasteiger partial charge on any atom is -0.310 e. The maximum atomic E-state index is 2.42. The van der Waals surface area contributed by atoms with Crippen molar-refractivity contribution in [2.75, 3.05) is 4.90 Å². The van der Waals surface area contributed by atoms with E-state index in [9.17, 15) is 0 Å². The van der Waals surface area contributed by atoms with Crippen molar-refractivity contribution in [3.05, 3.63) is 245 Å². The monoisotopic (exact) mass is 681 g/mol. The molecule has 0 aromatic heterocycles. The Morgan fingerprint density at radius 3 is 1.34 bits per heavy atom. The smallest absolute Gasteiger partial charge is 0.0464 e. The fraction of sp³-hybridized carbons (Fsp3) is 0.0769. The number of nitrogens with zero attached hydrogens (tertiary/aromatic N) is 1. The van der Waals surface area contributed by atoms with Crippen molar-refractivity contribution in [1.82, 2.24) is 0 Å². The van der Waals surface area contributed by atoms with Crippen LogP contribution in [0.1, 0.15) is 57.3 Å². The van der Waals surface area contributed by atoms with E-state index in [1.807, 2.05) is 0 Å². The van der Waals surface area contributed by atoms with E-state index in [0.717, 1.165) is 23.4 Å². The van der Waals surface area contributed by atoms with Crippen molar-refractivity contribution in [1.29, 1.82) is 0 Å². The number of hydrogen-bond acceptors (Lipinski definition) is 1. The Bertz CT molecular complexity index is 2250. The van der Waals surface area contributed by atoms with Crippen LogP contribution in [0.15, 0.2) is 200 Å². The lowest BCUT2D eigenvalue weighted by Gasteiger charge is -2.27. The Balaban J connectivity index is 1.12. The molecule has 53 heavy (non-hydrogen) atoms. The van der Waals surface area contributed by atoms with Crippen LogP contribution in [0.2, 0.25) is 0 Å². The van der Waals surface area contributed by atoms with Gasteiger partial charge in [0.2, 0.25) is 0 Å². The summed E-state index contributed by atoms with van der Waals surface area (Å²) in [5, 5.41) is 0. The molecule has 0 saturated heterocycles. The van der Waals surface area contributed by atoms with Gasteiger partial charge in [-0.1, -0.05) is 170 Å². The number of fused-ring (bicyclic) bond motifs is 1. The predicted molar refractivity (Wildman–Crippen MR) is 227 cm³/mol. The van der Waals surface area contributed by atoms with Crippen molar-refractivity contribution in [3.63, 3.8) is 0 Å². The highest BCUT2D eigenvalue weighted by molar-refractivity contribution is 5.92. The molecule has 8 rings (SSSR count). The van der Waals surface area contributed by atoms with Gasteiger partial charge in [0.15, 0.2) is 0 Å². The third-order valence-electron chi connectivity index (χ3n) is 10.1. The lowest BCUT2D eigenvalue weighted by atomic mass is 9.91. The van der Waals surface area contributed by atoms with Crippen molar-refractivity contribution < 1.29 is 0 Å². The Labute approximate surface area is 314 Å². The summed E-state index contributed by atoms with van der Waals surface area (Å²) in [5.41, 5.74) is 16.0. The number of hydrogen-bond donors (Lipinski definition) is 0. The van der Waals surface area contributed by atoms with Crippen molar-refractivity contribution in [2.24, 2.45) is 0 Å². The zero-order chi connectivity index (χ0) is 35.7. The SMILES string of the molecule is C(/C=C/c1ccc(N(c2ccc(C=C(c3ccccc3)c3ccccc3)cc2)c2ccc3c(c2)CCCC3)cc1)=C(c1ccccc1)c1ccccc1. The zero-order valence-corrected chi connectivity index (χ0v) is 30.0. The topological polar surface area (TPSA) is 3.24 Å². The van der Waals surface area contributed by atoms with E-state index in [0.29, 0.717) is 0 Å². The maximum absolute atomic E-state index is 2.42. The van der Waals surface area contributed by atoms with Crippen LogP contribution < -0.4 is 4.90 Å². The molecule has 1 aliphatic rings. The van der Waals surface area contributed by atoms with Crippen LogP contribution in [0.4, 0.5) is 17.1 Å². The molecule has 0 aliphatic heterocycles. The van der Waals surface area contributed by atoms with Crippen LogP contribution in [0.5, 0.6) is 0 Å². The van der Waals surface area contributed by atoms with E-state index in [1.54, 1.807) is 0 Å². The Morgan fingerprint density at radius 1 is 0.396 bits per heavy atom. The molecule has 0 bridgehead atoms. The standard InChI is InChI=1S/C52H43N/c1-5-18-43(19-6-1)51(44-20-7-2-8-21-44)27-15-16-40-28-33-48(34-29-40)53(50-37-32-42-17-13-14-26-47(42)39-50)49-35-30-41(31-36-49)38-52(45-22-9-3-10-23-45)46-24-11-4-12-25-46/h1-12,15-16,18-25,27-39H,13-14,17,26H2/b16-15+. The molecule has 1 nitrogen and oxygen atoms in total. The fourth-order valence-electron chi connectivity index (χ4n) is 7.35. The number of anilines is 3. The number of allylic oxidation sites excluding steroid dienone is 2. The lowest BCUT2D eigenvalue weighted by molar-refractivity contribution is 0.685. The maximum Gasteiger partial charge on any atom is 0.0464 e. The van der Waals surface area contributed by atoms with Crippen molar-refractivity contribution in [3.8, 4) is 0 Å². The summed E-state index contributed by atoms with van der Waals surface area (Å²) in [6.45, 7) is 0. The molecule has 0 fully saturated rings. The molecular formula is C52H43N. The van der Waals surface area contributed by atoms with Gasteiger partial charge in [-0.3, -0.25) is 0 Å². The molecule has 0 atom stereocenters. The molecule has 0 radical (unpaired) electrons. The normalized spacial score (nSPS) is 12.2. The molecule has 1 aliphatic carbocycles. The summed E-state index contributed by atoms with van der Waals surface area (Å²) in [5.74, 6) is 0. The predicted octanol–water partition coefficient (Wildman–Crippen LogP) is 13.8. The van der Waals surface area contributed by atoms with Crippen LogP contribution in [0, 0.1) is 0 Å². The van der Waals surface area contributed by atoms with Gasteiger partial charge in [0.05, 0.1) is 0 Å². The van der Waals surface area contributed by atoms with Gasteiger partial charge in [-0.2, -0.15) is 0 Å². The summed E-state index contributed by atoms with van der Waals surface area (Å²) < 4.78 is 0. The van der Waals surface area contributed by atoms with Gasteiger partial charge < -0.3 is 4.90 Å². The van der Waals surface area contributed by atoms with E-state index in [4.69, 9.17) is 0 Å². The highest BCUT2D eigenvalue weighted by Gasteiger charge is 2.16. The minimum absolute atomic E-state index is 1.14. The first kappa shape index (κ1) is 33.7. The lowest BCUT2D eigenvalue weighted by Crippen LogP contribution is -2.12. The van der Waals surface area contributed by atoms with Crippen LogP contribution in [0.25, 0.3) is 23.3 Å². The van der Waals surface area contributed by atoms with Gasteiger partial charge in [-0.15, -0.1) is 0 Å². The number of rotatable bonds is 10. The Kier molecular flexibility index (Phi) is 10.3. The van der Waals surface area contributed by atoms with Gasteiger partial charge >= 0.3 is 0 Å². The molecule has 1 heteroatoms. The molecule has 256 valence electrons. The van der Waals surface area contributed by atoms with E-state index >= 15 is 0 Å². The fourth-order valence-corrected chi connectivity index (χ4v) is 7.35. The summed E-state index contributed by atoms with van der Waals surface area (Å²) in [4.78, 5) is 2.40. The molecule has 0 N–H and O–H groups in total. The molecule has 0 unspecified atom stereocenters. The molecular weight excluding hydrogens is 639 g/mol. The summed E-state index contributed by atoms with van der Waals surface area (Å²) in [7, 11) is 0. The second-order valence-electron chi connectivity index (χ2n) is 13.6. The number of aryl methyl sites for hydroxylation is 2. The van der Waals surface area contributed by atoms with E-state index in [1.165, 1.54) is 75.0 Å². The molecule has 0 amide bonds. The molecule has 0 heterocycles. The molecule has 7 aromatic carbocycles. The van der Waals surface area contributed by atoms with Crippen LogP contribution >= 0.6 is 0 Å². The highest BCUT2D eigenvalue weighted by Crippen LogP contribution is 2.38. The number of benzene rings is 7. The van der Waals surface area contributed by atoms with E-state index < -0.39 is 0 Å². The van der Waals surface area contributed by atoms with E-state index in [2.05, 4.69) is 217 Å². The third-order valence-corrected chi connectivity index (χ3v) is 10.1. The second-order valence-corrected chi connectivity index (χ2v) is 13.6. The van der Waals surface area contributed by atoms with Gasteiger partial charge in [-0.25, -0.2) is 0 Å². The molecule has 0 saturated carbocycles. The zero-order valence-electron chi connectivity index (χ0n) is 30.0. The summed E-state index contributed by atoms with van der Waals surface area (Å²) in [6, 6.07) is 67.5. The first-order chi connectivity index (χ1) is 26.3. The van der Waals surface area contributed by atoms with Crippen molar-refractivity contribution in [2.45, 2.75) is 25.7 Å². The summed E-state index contributed by atoms with van der Waals surface area (Å²) >= 11 is 0. The quantitative estimate of drug-likeness (QED) is 0.103. The van der Waals surface area contributed by atoms with Gasteiger partial charge in [-0.05, 0) is 124 Å². The van der Waals surface area contributed by atoms with Crippen LogP contribution in [-0.4, -0.2) is 0 Å². The second kappa shape index (κ2) is 16.3. The van der Waals surface area contributed by atoms with Crippen LogP contribution in [0.3, 0.4) is 0 Å². The van der Waals surface area contributed by atoms with Gasteiger partial charge in [0.1, 0.15) is 0 Å². The Morgan fingerprint density at radius 2 is 0.830 bits per heavy atom. The molecule has 7 aromatic rings. The average molecular weight is 682 g/mol. The minimum atomic E-state index is 1.14. The van der Waals surface area contributed by atoms with Gasteiger partial charge in [0, 0.05) is 17.1 Å². The third kappa shape index (κ3) is 8.06. The summed E-state index contributed by atoms with van der Waals surface area (Å²) in [6.07, 6.45) is 13.7. The first-order valence-electron chi connectivity index (χ1n) is 18.7. The van der Waals surface area contributed by atoms with E-state index in [-0.39, 0.29) is 0 Å². The first-order valence-corrected chi connectivity index (χ1v) is 18.7. The highest BCUT2D eigenvalue weighted by atomic mass is 15.1.